The van der Waals surface area contributed by atoms with Crippen LogP contribution in [0.3, 0.4) is 0 Å². The third-order valence-electron chi connectivity index (χ3n) is 3.16. The number of nitriles is 1. The molecule has 0 saturated carbocycles. The number of piperazine rings is 1. The normalized spacial score (nSPS) is 17.3. The number of hydrogen-bond acceptors (Lipinski definition) is 6. The van der Waals surface area contributed by atoms with E-state index in [0.29, 0.717) is 5.69 Å². The highest BCUT2D eigenvalue weighted by Crippen LogP contribution is 2.19. The molecule has 0 bridgehead atoms. The molecule has 19 heavy (non-hydrogen) atoms. The zero-order chi connectivity index (χ0) is 13.5. The maximum Gasteiger partial charge on any atom is 0.140 e. The maximum atomic E-state index is 8.72. The van der Waals surface area contributed by atoms with Gasteiger partial charge in [-0.15, -0.1) is 0 Å². The van der Waals surface area contributed by atoms with Crippen LogP contribution in [0.5, 0.6) is 0 Å². The summed E-state index contributed by atoms with van der Waals surface area (Å²) in [6.07, 6.45) is 3.94. The first kappa shape index (κ1) is 14.7. The molecule has 1 saturated heterocycles. The molecule has 1 aliphatic rings. The summed E-state index contributed by atoms with van der Waals surface area (Å²) in [4.78, 5) is 9.06. The Morgan fingerprint density at radius 2 is 2.00 bits per heavy atom. The van der Waals surface area contributed by atoms with Crippen LogP contribution >= 0.6 is 21.6 Å². The molecule has 0 aromatic carbocycles. The van der Waals surface area contributed by atoms with Gasteiger partial charge < -0.3 is 0 Å². The molecule has 0 N–H and O–H groups in total. The molecule has 4 nitrogen and oxygen atoms in total. The van der Waals surface area contributed by atoms with Gasteiger partial charge in [0.1, 0.15) is 11.8 Å². The summed E-state index contributed by atoms with van der Waals surface area (Å²) >= 11 is 0. The first-order valence-corrected chi connectivity index (χ1v) is 9.00. The predicted octanol–water partition coefficient (Wildman–Crippen LogP) is 2.04. The van der Waals surface area contributed by atoms with Crippen LogP contribution in [0.2, 0.25) is 0 Å². The summed E-state index contributed by atoms with van der Waals surface area (Å²) < 4.78 is 0. The van der Waals surface area contributed by atoms with Crippen molar-refractivity contribution in [1.29, 1.82) is 5.26 Å². The predicted molar refractivity (Wildman–Crippen MR) is 81.8 cm³/mol. The third kappa shape index (κ3) is 4.69. The molecule has 0 atom stereocenters. The highest BCUT2D eigenvalue weighted by atomic mass is 33.1. The van der Waals surface area contributed by atoms with Gasteiger partial charge in [-0.2, -0.15) is 5.26 Å². The van der Waals surface area contributed by atoms with Crippen molar-refractivity contribution in [3.8, 4) is 6.07 Å². The highest BCUT2D eigenvalue weighted by Gasteiger charge is 2.16. The molecule has 1 aromatic heterocycles. The lowest BCUT2D eigenvalue weighted by atomic mass is 10.2. The molecule has 0 amide bonds. The number of nitrogens with zero attached hydrogens (tertiary/aromatic N) is 4. The number of hydrogen-bond donors (Lipinski definition) is 0. The molecule has 0 radical (unpaired) electrons. The molecule has 2 rings (SSSR count). The highest BCUT2D eigenvalue weighted by molar-refractivity contribution is 8.76. The summed E-state index contributed by atoms with van der Waals surface area (Å²) in [6.45, 7) is 5.42. The van der Waals surface area contributed by atoms with E-state index in [1.54, 1.807) is 6.07 Å². The van der Waals surface area contributed by atoms with Crippen molar-refractivity contribution in [3.05, 3.63) is 29.6 Å². The number of pyridine rings is 1. The average molecular weight is 294 g/mol. The molecule has 0 spiro atoms. The van der Waals surface area contributed by atoms with E-state index in [9.17, 15) is 0 Å². The van der Waals surface area contributed by atoms with Crippen molar-refractivity contribution in [1.82, 2.24) is 14.8 Å². The molecule has 102 valence electrons. The van der Waals surface area contributed by atoms with Gasteiger partial charge in [0.2, 0.25) is 0 Å². The minimum Gasteiger partial charge on any atom is -0.296 e. The first-order valence-electron chi connectivity index (χ1n) is 6.27. The van der Waals surface area contributed by atoms with E-state index in [1.807, 2.05) is 39.9 Å². The van der Waals surface area contributed by atoms with Crippen LogP contribution in [-0.4, -0.2) is 53.1 Å². The molecule has 0 aliphatic carbocycles. The summed E-state index contributed by atoms with van der Waals surface area (Å²) in [6, 6.07) is 5.84. The van der Waals surface area contributed by atoms with E-state index in [0.717, 1.165) is 38.6 Å². The molecule has 1 aromatic rings. The van der Waals surface area contributed by atoms with Gasteiger partial charge in [-0.05, 0) is 17.9 Å². The van der Waals surface area contributed by atoms with Crippen molar-refractivity contribution in [3.63, 3.8) is 0 Å². The molecule has 6 heteroatoms. The minimum atomic E-state index is 0.489. The van der Waals surface area contributed by atoms with Crippen molar-refractivity contribution >= 4 is 21.6 Å². The Morgan fingerprint density at radius 3 is 2.58 bits per heavy atom. The minimum absolute atomic E-state index is 0.489. The molecule has 1 aliphatic heterocycles. The van der Waals surface area contributed by atoms with Gasteiger partial charge in [0.25, 0.3) is 0 Å². The summed E-state index contributed by atoms with van der Waals surface area (Å²) in [7, 11) is 3.74. The second kappa shape index (κ2) is 7.75. The Morgan fingerprint density at radius 1 is 1.26 bits per heavy atom. The quantitative estimate of drug-likeness (QED) is 0.774. The van der Waals surface area contributed by atoms with E-state index in [2.05, 4.69) is 21.0 Å². The van der Waals surface area contributed by atoms with E-state index in [-0.39, 0.29) is 0 Å². The Bertz CT molecular complexity index is 421. The van der Waals surface area contributed by atoms with Crippen molar-refractivity contribution < 1.29 is 0 Å². The zero-order valence-corrected chi connectivity index (χ0v) is 12.7. The van der Waals surface area contributed by atoms with Crippen LogP contribution in [0.25, 0.3) is 0 Å². The van der Waals surface area contributed by atoms with Gasteiger partial charge in [-0.25, -0.2) is 4.98 Å². The fourth-order valence-corrected chi connectivity index (χ4v) is 3.32. The second-order valence-corrected chi connectivity index (χ2v) is 7.01. The van der Waals surface area contributed by atoms with Crippen molar-refractivity contribution in [2.75, 3.05) is 38.3 Å². The molecular formula is C13H18N4S2. The van der Waals surface area contributed by atoms with Crippen LogP contribution in [0, 0.1) is 11.3 Å². The zero-order valence-electron chi connectivity index (χ0n) is 11.1. The fourth-order valence-electron chi connectivity index (χ4n) is 2.05. The molecule has 2 heterocycles. The van der Waals surface area contributed by atoms with Gasteiger partial charge in [-0.3, -0.25) is 9.80 Å². The molecule has 1 fully saturated rings. The standard InChI is InChI=1S/C13H18N4S2/c1-18-19-11-17-6-4-16(5-7-17)10-12-2-3-13(8-14)15-9-12/h2-3,9H,4-7,10-11H2,1H3. The fraction of sp³-hybridized carbons (Fsp3) is 0.538. The largest absolute Gasteiger partial charge is 0.296 e. The summed E-state index contributed by atoms with van der Waals surface area (Å²) in [5, 5.41) is 8.72. The summed E-state index contributed by atoms with van der Waals surface area (Å²) in [5.41, 5.74) is 1.67. The SMILES string of the molecule is CSSCN1CCN(Cc2ccc(C#N)nc2)CC1. The van der Waals surface area contributed by atoms with Gasteiger partial charge in [-0.1, -0.05) is 27.7 Å². The molecular weight excluding hydrogens is 276 g/mol. The summed E-state index contributed by atoms with van der Waals surface area (Å²) in [5.74, 6) is 1.12. The van der Waals surface area contributed by atoms with Gasteiger partial charge in [0.15, 0.2) is 0 Å². The van der Waals surface area contributed by atoms with Crippen LogP contribution < -0.4 is 0 Å². The van der Waals surface area contributed by atoms with Gasteiger partial charge in [0, 0.05) is 38.9 Å². The van der Waals surface area contributed by atoms with Crippen LogP contribution in [0.15, 0.2) is 18.3 Å². The lowest BCUT2D eigenvalue weighted by molar-refractivity contribution is 0.143. The Hall–Kier alpha value is -0.740. The molecule has 0 unspecified atom stereocenters. The third-order valence-corrected chi connectivity index (χ3v) is 4.89. The smallest absolute Gasteiger partial charge is 0.140 e. The van der Waals surface area contributed by atoms with Gasteiger partial charge in [0.05, 0.1) is 5.88 Å². The monoisotopic (exact) mass is 294 g/mol. The van der Waals surface area contributed by atoms with Crippen LogP contribution in [-0.2, 0) is 6.54 Å². The maximum absolute atomic E-state index is 8.72. The number of aromatic nitrogens is 1. The van der Waals surface area contributed by atoms with Gasteiger partial charge >= 0.3 is 0 Å². The van der Waals surface area contributed by atoms with Crippen molar-refractivity contribution in [2.24, 2.45) is 0 Å². The Balaban J connectivity index is 1.77. The van der Waals surface area contributed by atoms with E-state index in [4.69, 9.17) is 5.26 Å². The van der Waals surface area contributed by atoms with E-state index < -0.39 is 0 Å². The van der Waals surface area contributed by atoms with Crippen LogP contribution in [0.1, 0.15) is 11.3 Å². The van der Waals surface area contributed by atoms with E-state index >= 15 is 0 Å². The number of rotatable bonds is 5. The average Bonchev–Trinajstić information content (AvgIpc) is 2.47. The second-order valence-electron chi connectivity index (χ2n) is 4.47. The first-order chi connectivity index (χ1) is 9.31. The topological polar surface area (TPSA) is 43.2 Å². The van der Waals surface area contributed by atoms with E-state index in [1.165, 1.54) is 5.56 Å². The lowest BCUT2D eigenvalue weighted by Crippen LogP contribution is -2.45. The van der Waals surface area contributed by atoms with Crippen LogP contribution in [0.4, 0.5) is 0 Å². The Kier molecular flexibility index (Phi) is 5.98. The lowest BCUT2D eigenvalue weighted by Gasteiger charge is -2.34. The Labute approximate surface area is 122 Å². The van der Waals surface area contributed by atoms with Crippen molar-refractivity contribution in [2.45, 2.75) is 6.54 Å².